The lowest BCUT2D eigenvalue weighted by Gasteiger charge is -2.26. The van der Waals surface area contributed by atoms with Crippen LogP contribution < -0.4 is 10.2 Å². The summed E-state index contributed by atoms with van der Waals surface area (Å²) in [4.78, 5) is 23.5. The van der Waals surface area contributed by atoms with Crippen LogP contribution in [0, 0.1) is 6.92 Å². The molecule has 0 bridgehead atoms. The second-order valence-corrected chi connectivity index (χ2v) is 3.78. The number of allylic oxidation sites excluding steroid dienone is 1. The second kappa shape index (κ2) is 3.81. The molecule has 1 aliphatic heterocycles. The van der Waals surface area contributed by atoms with Crippen molar-refractivity contribution in [2.45, 2.75) is 6.92 Å². The van der Waals surface area contributed by atoms with Crippen LogP contribution in [-0.4, -0.2) is 19.1 Å². The molecule has 82 valence electrons. The van der Waals surface area contributed by atoms with E-state index in [0.717, 1.165) is 16.9 Å². The molecule has 0 saturated carbocycles. The summed E-state index contributed by atoms with van der Waals surface area (Å²) in [5.41, 5.74) is 3.27. The third-order valence-corrected chi connectivity index (χ3v) is 2.50. The van der Waals surface area contributed by atoms with Crippen molar-refractivity contribution in [2.75, 3.05) is 17.3 Å². The predicted molar refractivity (Wildman–Crippen MR) is 62.4 cm³/mol. The molecule has 1 aromatic carbocycles. The number of benzene rings is 1. The number of Topliss-reactive ketones (excluding diaryl/α,β-unsaturated/α-hetero) is 1. The summed E-state index contributed by atoms with van der Waals surface area (Å²) in [5, 5.41) is 2.94. The first-order valence-electron chi connectivity index (χ1n) is 4.93. The number of hydrogen-bond donors (Lipinski definition) is 1. The van der Waals surface area contributed by atoms with Gasteiger partial charge in [-0.2, -0.15) is 0 Å². The van der Waals surface area contributed by atoms with Gasteiger partial charge in [-0.15, -0.1) is 0 Å². The summed E-state index contributed by atoms with van der Waals surface area (Å²) in [5.74, 6) is -0.543. The maximum atomic E-state index is 11.3. The van der Waals surface area contributed by atoms with Gasteiger partial charge in [0, 0.05) is 13.2 Å². The number of carbonyl (C=O) groups excluding carboxylic acids is 2. The zero-order valence-corrected chi connectivity index (χ0v) is 9.15. The normalized spacial score (nSPS) is 13.6. The van der Waals surface area contributed by atoms with Crippen LogP contribution in [0.25, 0.3) is 0 Å². The largest absolute Gasteiger partial charge is 0.349 e. The fourth-order valence-corrected chi connectivity index (χ4v) is 1.67. The van der Waals surface area contributed by atoms with Crippen LogP contribution in [0.1, 0.15) is 5.56 Å². The lowest BCUT2D eigenvalue weighted by atomic mass is 10.1. The minimum Gasteiger partial charge on any atom is -0.349 e. The smallest absolute Gasteiger partial charge is 0.242 e. The van der Waals surface area contributed by atoms with Crippen LogP contribution in [-0.2, 0) is 9.59 Å². The zero-order chi connectivity index (χ0) is 11.7. The van der Waals surface area contributed by atoms with Crippen LogP contribution in [0.3, 0.4) is 0 Å². The molecule has 1 aliphatic rings. The lowest BCUT2D eigenvalue weighted by Crippen LogP contribution is -2.24. The van der Waals surface area contributed by atoms with E-state index in [1.54, 1.807) is 6.20 Å². The van der Waals surface area contributed by atoms with Gasteiger partial charge in [0.1, 0.15) is 5.70 Å². The van der Waals surface area contributed by atoms with Gasteiger partial charge in [0.05, 0.1) is 11.4 Å². The number of aldehydes is 1. The van der Waals surface area contributed by atoms with Gasteiger partial charge in [0.25, 0.3) is 0 Å². The van der Waals surface area contributed by atoms with Crippen molar-refractivity contribution < 1.29 is 9.59 Å². The molecule has 0 aromatic heterocycles. The van der Waals surface area contributed by atoms with Crippen molar-refractivity contribution in [3.8, 4) is 0 Å². The summed E-state index contributed by atoms with van der Waals surface area (Å²) in [6, 6.07) is 5.86. The number of rotatable bonds is 2. The average Bonchev–Trinajstić information content (AvgIpc) is 2.28. The molecular weight excluding hydrogens is 204 g/mol. The van der Waals surface area contributed by atoms with E-state index in [9.17, 15) is 9.59 Å². The van der Waals surface area contributed by atoms with Crippen LogP contribution >= 0.6 is 0 Å². The van der Waals surface area contributed by atoms with Gasteiger partial charge >= 0.3 is 0 Å². The SMILES string of the molecule is Cc1ccc2c(c1)N(C)C=C(C(=O)C=O)N2. The third kappa shape index (κ3) is 1.69. The van der Waals surface area contributed by atoms with E-state index in [-0.39, 0.29) is 0 Å². The summed E-state index contributed by atoms with van der Waals surface area (Å²) in [6.45, 7) is 2.00. The average molecular weight is 216 g/mol. The van der Waals surface area contributed by atoms with Gasteiger partial charge < -0.3 is 10.2 Å². The molecule has 1 heterocycles. The van der Waals surface area contributed by atoms with Crippen molar-refractivity contribution in [1.29, 1.82) is 0 Å². The Morgan fingerprint density at radius 3 is 2.88 bits per heavy atom. The van der Waals surface area contributed by atoms with Gasteiger partial charge in [-0.25, -0.2) is 0 Å². The number of carbonyl (C=O) groups is 2. The maximum absolute atomic E-state index is 11.3. The Morgan fingerprint density at radius 1 is 1.44 bits per heavy atom. The highest BCUT2D eigenvalue weighted by Crippen LogP contribution is 2.31. The van der Waals surface area contributed by atoms with E-state index in [1.807, 2.05) is 37.1 Å². The Labute approximate surface area is 93.6 Å². The van der Waals surface area contributed by atoms with Crippen molar-refractivity contribution in [1.82, 2.24) is 0 Å². The van der Waals surface area contributed by atoms with Crippen LogP contribution in [0.4, 0.5) is 11.4 Å². The number of aryl methyl sites for hydroxylation is 1. The Hall–Kier alpha value is -2.10. The standard InChI is InChI=1S/C12H12N2O2/c1-8-3-4-9-11(5-8)14(2)6-10(13-9)12(16)7-15/h3-7,13H,1-2H3. The van der Waals surface area contributed by atoms with Gasteiger partial charge in [-0.05, 0) is 24.6 Å². The molecule has 0 fully saturated rings. The Kier molecular flexibility index (Phi) is 2.48. The zero-order valence-electron chi connectivity index (χ0n) is 9.15. The minimum atomic E-state index is -0.543. The molecule has 0 saturated heterocycles. The highest BCUT2D eigenvalue weighted by molar-refractivity contribution is 6.34. The molecule has 4 nitrogen and oxygen atoms in total. The first-order chi connectivity index (χ1) is 7.61. The van der Waals surface area contributed by atoms with E-state index in [0.29, 0.717) is 12.0 Å². The number of nitrogens with zero attached hydrogens (tertiary/aromatic N) is 1. The number of ketones is 1. The van der Waals surface area contributed by atoms with Gasteiger partial charge in [0.2, 0.25) is 5.78 Å². The van der Waals surface area contributed by atoms with E-state index in [1.165, 1.54) is 0 Å². The van der Waals surface area contributed by atoms with Gasteiger partial charge in [-0.3, -0.25) is 9.59 Å². The number of hydrogen-bond acceptors (Lipinski definition) is 4. The molecule has 0 amide bonds. The van der Waals surface area contributed by atoms with Gasteiger partial charge in [0.15, 0.2) is 6.29 Å². The van der Waals surface area contributed by atoms with E-state index >= 15 is 0 Å². The van der Waals surface area contributed by atoms with Crippen LogP contribution in [0.5, 0.6) is 0 Å². The molecule has 2 rings (SSSR count). The quantitative estimate of drug-likeness (QED) is 0.600. The molecule has 0 radical (unpaired) electrons. The topological polar surface area (TPSA) is 49.4 Å². The second-order valence-electron chi connectivity index (χ2n) is 3.78. The van der Waals surface area contributed by atoms with Crippen LogP contribution in [0.15, 0.2) is 30.1 Å². The number of nitrogens with one attached hydrogen (secondary N) is 1. The molecule has 1 N–H and O–H groups in total. The molecule has 4 heteroatoms. The molecule has 0 atom stereocenters. The summed E-state index contributed by atoms with van der Waals surface area (Å²) in [7, 11) is 1.84. The first-order valence-corrected chi connectivity index (χ1v) is 4.93. The maximum Gasteiger partial charge on any atom is 0.242 e. The lowest BCUT2D eigenvalue weighted by molar-refractivity contribution is -0.127. The molecule has 0 aliphatic carbocycles. The third-order valence-electron chi connectivity index (χ3n) is 2.50. The fraction of sp³-hybridized carbons (Fsp3) is 0.167. The first kappa shape index (κ1) is 10.4. The summed E-state index contributed by atoms with van der Waals surface area (Å²) in [6.07, 6.45) is 1.93. The van der Waals surface area contributed by atoms with E-state index < -0.39 is 5.78 Å². The van der Waals surface area contributed by atoms with Crippen molar-refractivity contribution in [3.63, 3.8) is 0 Å². The minimum absolute atomic E-state index is 0.300. The van der Waals surface area contributed by atoms with E-state index in [4.69, 9.17) is 0 Å². The molecule has 0 unspecified atom stereocenters. The summed E-state index contributed by atoms with van der Waals surface area (Å²) < 4.78 is 0. The van der Waals surface area contributed by atoms with Gasteiger partial charge in [-0.1, -0.05) is 6.07 Å². The molecular formula is C12H12N2O2. The van der Waals surface area contributed by atoms with E-state index in [2.05, 4.69) is 5.32 Å². The Morgan fingerprint density at radius 2 is 2.19 bits per heavy atom. The van der Waals surface area contributed by atoms with Crippen molar-refractivity contribution >= 4 is 23.4 Å². The number of fused-ring (bicyclic) bond motifs is 1. The Bertz CT molecular complexity index is 492. The monoisotopic (exact) mass is 216 g/mol. The van der Waals surface area contributed by atoms with Crippen molar-refractivity contribution in [2.24, 2.45) is 0 Å². The van der Waals surface area contributed by atoms with Crippen molar-refractivity contribution in [3.05, 3.63) is 35.7 Å². The Balaban J connectivity index is 2.41. The highest BCUT2D eigenvalue weighted by Gasteiger charge is 2.18. The molecule has 1 aromatic rings. The summed E-state index contributed by atoms with van der Waals surface area (Å²) >= 11 is 0. The molecule has 16 heavy (non-hydrogen) atoms. The number of anilines is 2. The highest BCUT2D eigenvalue weighted by atomic mass is 16.2. The predicted octanol–water partition coefficient (Wildman–Crippen LogP) is 1.47. The van der Waals surface area contributed by atoms with Crippen LogP contribution in [0.2, 0.25) is 0 Å². The molecule has 0 spiro atoms. The fourth-order valence-electron chi connectivity index (χ4n) is 1.67.